The zero-order valence-corrected chi connectivity index (χ0v) is 9.54. The van der Waals surface area contributed by atoms with Crippen LogP contribution in [0.15, 0.2) is 0 Å². The van der Waals surface area contributed by atoms with Crippen molar-refractivity contribution < 1.29 is 9.84 Å². The highest BCUT2D eigenvalue weighted by molar-refractivity contribution is 6.67. The zero-order chi connectivity index (χ0) is 9.99. The molecular weight excluding hydrogens is 222 g/mol. The molecule has 0 saturated carbocycles. The lowest BCUT2D eigenvalue weighted by Crippen LogP contribution is -2.37. The molecular formula is C7H13Cl3O2. The standard InChI is InChI=1S/C7H13Cl3O2/c1-4-6(2,3)12-5(11)7(8,9)10/h5,11H,4H2,1-3H3. The minimum Gasteiger partial charge on any atom is -0.365 e. The molecule has 0 fully saturated rings. The van der Waals surface area contributed by atoms with Gasteiger partial charge in [0.1, 0.15) is 0 Å². The molecule has 0 aliphatic rings. The molecule has 12 heavy (non-hydrogen) atoms. The molecule has 1 atom stereocenters. The van der Waals surface area contributed by atoms with Gasteiger partial charge in [0, 0.05) is 0 Å². The first-order chi connectivity index (χ1) is 5.19. The molecule has 5 heteroatoms. The van der Waals surface area contributed by atoms with Crippen molar-refractivity contribution in [3.8, 4) is 0 Å². The SMILES string of the molecule is CCC(C)(C)OC(O)C(Cl)(Cl)Cl. The molecule has 0 amide bonds. The maximum atomic E-state index is 9.23. The molecule has 0 saturated heterocycles. The Morgan fingerprint density at radius 2 is 1.75 bits per heavy atom. The van der Waals surface area contributed by atoms with Crippen molar-refractivity contribution in [3.05, 3.63) is 0 Å². The first-order valence-corrected chi connectivity index (χ1v) is 4.75. The van der Waals surface area contributed by atoms with Gasteiger partial charge in [0.2, 0.25) is 10.1 Å². The maximum Gasteiger partial charge on any atom is 0.240 e. The highest BCUT2D eigenvalue weighted by Crippen LogP contribution is 2.33. The second-order valence-electron chi connectivity index (χ2n) is 3.13. The molecule has 0 rings (SSSR count). The topological polar surface area (TPSA) is 29.5 Å². The lowest BCUT2D eigenvalue weighted by atomic mass is 10.1. The molecule has 0 aliphatic heterocycles. The van der Waals surface area contributed by atoms with Crippen molar-refractivity contribution in [2.75, 3.05) is 0 Å². The highest BCUT2D eigenvalue weighted by atomic mass is 35.6. The van der Waals surface area contributed by atoms with E-state index in [9.17, 15) is 5.11 Å². The Morgan fingerprint density at radius 3 is 2.00 bits per heavy atom. The van der Waals surface area contributed by atoms with E-state index in [1.807, 2.05) is 20.8 Å². The number of hydrogen-bond acceptors (Lipinski definition) is 2. The van der Waals surface area contributed by atoms with Crippen molar-refractivity contribution in [2.45, 2.75) is 42.9 Å². The van der Waals surface area contributed by atoms with Crippen molar-refractivity contribution in [1.29, 1.82) is 0 Å². The Labute approximate surface area is 87.7 Å². The quantitative estimate of drug-likeness (QED) is 0.602. The summed E-state index contributed by atoms with van der Waals surface area (Å²) in [6.07, 6.45) is -0.664. The molecule has 2 nitrogen and oxygen atoms in total. The van der Waals surface area contributed by atoms with Crippen LogP contribution in [0.5, 0.6) is 0 Å². The third-order valence-corrected chi connectivity index (χ3v) is 2.12. The summed E-state index contributed by atoms with van der Waals surface area (Å²) in [5.41, 5.74) is -0.483. The van der Waals surface area contributed by atoms with Crippen molar-refractivity contribution in [1.82, 2.24) is 0 Å². The van der Waals surface area contributed by atoms with E-state index in [4.69, 9.17) is 39.5 Å². The summed E-state index contributed by atoms with van der Waals surface area (Å²) in [6.45, 7) is 5.55. The number of rotatable bonds is 3. The predicted octanol–water partition coefficient (Wildman–Crippen LogP) is 2.88. The Morgan fingerprint density at radius 1 is 1.33 bits per heavy atom. The smallest absolute Gasteiger partial charge is 0.240 e. The minimum absolute atomic E-state index is 0.483. The number of halogens is 3. The van der Waals surface area contributed by atoms with E-state index in [0.717, 1.165) is 6.42 Å². The Kier molecular flexibility index (Phi) is 4.62. The van der Waals surface area contributed by atoms with Gasteiger partial charge in [-0.3, -0.25) is 0 Å². The molecule has 1 unspecified atom stereocenters. The van der Waals surface area contributed by atoms with Crippen LogP contribution in [0, 0.1) is 0 Å². The summed E-state index contributed by atoms with van der Waals surface area (Å²) in [5, 5.41) is 9.23. The van der Waals surface area contributed by atoms with Crippen LogP contribution >= 0.6 is 34.8 Å². The van der Waals surface area contributed by atoms with Gasteiger partial charge < -0.3 is 9.84 Å². The molecule has 0 heterocycles. The van der Waals surface area contributed by atoms with Crippen LogP contribution in [-0.4, -0.2) is 20.8 Å². The van der Waals surface area contributed by atoms with E-state index in [-0.39, 0.29) is 0 Å². The van der Waals surface area contributed by atoms with Crippen LogP contribution in [0.25, 0.3) is 0 Å². The molecule has 1 N–H and O–H groups in total. The molecule has 0 aromatic rings. The fraction of sp³-hybridized carbons (Fsp3) is 1.00. The van der Waals surface area contributed by atoms with Crippen molar-refractivity contribution >= 4 is 34.8 Å². The number of ether oxygens (including phenoxy) is 1. The number of aliphatic hydroxyl groups is 1. The number of hydrogen-bond donors (Lipinski definition) is 1. The van der Waals surface area contributed by atoms with E-state index in [2.05, 4.69) is 0 Å². The molecule has 74 valence electrons. The third-order valence-electron chi connectivity index (χ3n) is 1.56. The van der Waals surface area contributed by atoms with E-state index < -0.39 is 15.7 Å². The maximum absolute atomic E-state index is 9.23. The van der Waals surface area contributed by atoms with Gasteiger partial charge in [0.05, 0.1) is 5.60 Å². The fourth-order valence-electron chi connectivity index (χ4n) is 0.452. The highest BCUT2D eigenvalue weighted by Gasteiger charge is 2.35. The zero-order valence-electron chi connectivity index (χ0n) is 7.27. The van der Waals surface area contributed by atoms with Crippen LogP contribution in [0.4, 0.5) is 0 Å². The number of alkyl halides is 3. The average Bonchev–Trinajstić information content (AvgIpc) is 1.85. The largest absolute Gasteiger partial charge is 0.365 e. The molecule has 0 bridgehead atoms. The Bertz CT molecular complexity index is 142. The lowest BCUT2D eigenvalue weighted by molar-refractivity contribution is -0.170. The van der Waals surface area contributed by atoms with Gasteiger partial charge in [-0.2, -0.15) is 0 Å². The Hall–Kier alpha value is 0.790. The summed E-state index contributed by atoms with van der Waals surface area (Å²) in [5.74, 6) is 0. The number of aliphatic hydroxyl groups excluding tert-OH is 1. The van der Waals surface area contributed by atoms with Gasteiger partial charge in [-0.25, -0.2) is 0 Å². The second kappa shape index (κ2) is 4.34. The van der Waals surface area contributed by atoms with Crippen LogP contribution in [0.3, 0.4) is 0 Å². The second-order valence-corrected chi connectivity index (χ2v) is 5.49. The van der Waals surface area contributed by atoms with Gasteiger partial charge in [-0.15, -0.1) is 0 Å². The van der Waals surface area contributed by atoms with E-state index in [1.54, 1.807) is 0 Å². The normalized spacial score (nSPS) is 16.2. The monoisotopic (exact) mass is 234 g/mol. The van der Waals surface area contributed by atoms with Gasteiger partial charge in [-0.05, 0) is 20.3 Å². The van der Waals surface area contributed by atoms with Gasteiger partial charge in [0.25, 0.3) is 0 Å². The molecule has 0 spiro atoms. The van der Waals surface area contributed by atoms with E-state index in [0.29, 0.717) is 0 Å². The van der Waals surface area contributed by atoms with Gasteiger partial charge in [0.15, 0.2) is 0 Å². The van der Waals surface area contributed by atoms with Crippen molar-refractivity contribution in [2.24, 2.45) is 0 Å². The predicted molar refractivity (Wildman–Crippen MR) is 51.8 cm³/mol. The van der Waals surface area contributed by atoms with Crippen LogP contribution in [0.1, 0.15) is 27.2 Å². The first kappa shape index (κ1) is 12.8. The summed E-state index contributed by atoms with van der Waals surface area (Å²) in [6, 6.07) is 0. The summed E-state index contributed by atoms with van der Waals surface area (Å²) >= 11 is 16.2. The van der Waals surface area contributed by atoms with Crippen LogP contribution in [-0.2, 0) is 4.74 Å². The van der Waals surface area contributed by atoms with E-state index in [1.165, 1.54) is 0 Å². The summed E-state index contributed by atoms with van der Waals surface area (Å²) < 4.78 is 3.33. The average molecular weight is 236 g/mol. The van der Waals surface area contributed by atoms with Crippen molar-refractivity contribution in [3.63, 3.8) is 0 Å². The third kappa shape index (κ3) is 4.73. The van der Waals surface area contributed by atoms with Crippen LogP contribution < -0.4 is 0 Å². The minimum atomic E-state index is -1.79. The lowest BCUT2D eigenvalue weighted by Gasteiger charge is -2.30. The molecule has 0 radical (unpaired) electrons. The molecule has 0 aromatic heterocycles. The fourth-order valence-corrected chi connectivity index (χ4v) is 0.586. The molecule has 0 aromatic carbocycles. The van der Waals surface area contributed by atoms with E-state index >= 15 is 0 Å². The van der Waals surface area contributed by atoms with Crippen LogP contribution in [0.2, 0.25) is 0 Å². The molecule has 0 aliphatic carbocycles. The summed E-state index contributed by atoms with van der Waals surface area (Å²) in [7, 11) is 0. The van der Waals surface area contributed by atoms with Gasteiger partial charge >= 0.3 is 0 Å². The van der Waals surface area contributed by atoms with Gasteiger partial charge in [-0.1, -0.05) is 41.7 Å². The summed E-state index contributed by atoms with van der Waals surface area (Å²) in [4.78, 5) is 0. The Balaban J connectivity index is 4.09. The first-order valence-electron chi connectivity index (χ1n) is 3.61.